The summed E-state index contributed by atoms with van der Waals surface area (Å²) in [6, 6.07) is 13.3. The Morgan fingerprint density at radius 1 is 1.22 bits per heavy atom. The van der Waals surface area contributed by atoms with Gasteiger partial charge < -0.3 is 5.32 Å². The molecule has 6 heteroatoms. The summed E-state index contributed by atoms with van der Waals surface area (Å²) in [6.07, 6.45) is 0. The molecule has 0 aromatic heterocycles. The van der Waals surface area contributed by atoms with Gasteiger partial charge in [-0.2, -0.15) is 5.10 Å². The van der Waals surface area contributed by atoms with Crippen molar-refractivity contribution in [2.75, 3.05) is 11.9 Å². The Morgan fingerprint density at radius 2 is 1.91 bits per heavy atom. The molecule has 0 heterocycles. The van der Waals surface area contributed by atoms with E-state index >= 15 is 0 Å². The second kappa shape index (κ2) is 8.13. The highest BCUT2D eigenvalue weighted by Crippen LogP contribution is 2.22. The highest BCUT2D eigenvalue weighted by Gasteiger charge is 2.05. The van der Waals surface area contributed by atoms with Crippen LogP contribution in [0.2, 0.25) is 5.02 Å². The molecule has 2 aromatic carbocycles. The molecule has 2 aromatic rings. The number of nitrogens with one attached hydrogen (secondary N) is 2. The van der Waals surface area contributed by atoms with Crippen LogP contribution in [0.25, 0.3) is 0 Å². The molecule has 4 nitrogen and oxygen atoms in total. The third-order valence-electron chi connectivity index (χ3n) is 3.32. The van der Waals surface area contributed by atoms with Crippen LogP contribution in [0.1, 0.15) is 18.1 Å². The van der Waals surface area contributed by atoms with Crippen LogP contribution in [0.4, 0.5) is 5.69 Å². The highest BCUT2D eigenvalue weighted by molar-refractivity contribution is 9.10. The van der Waals surface area contributed by atoms with Crippen molar-refractivity contribution in [1.29, 1.82) is 0 Å². The number of nitrogens with zero attached hydrogens (tertiary/aromatic N) is 1. The smallest absolute Gasteiger partial charge is 0.259 e. The Morgan fingerprint density at radius 3 is 2.61 bits per heavy atom. The van der Waals surface area contributed by atoms with Crippen LogP contribution in [0.5, 0.6) is 0 Å². The van der Waals surface area contributed by atoms with Crippen molar-refractivity contribution in [3.05, 3.63) is 63.1 Å². The predicted molar refractivity (Wildman–Crippen MR) is 99.2 cm³/mol. The molecule has 0 radical (unpaired) electrons. The van der Waals surface area contributed by atoms with E-state index in [4.69, 9.17) is 11.6 Å². The van der Waals surface area contributed by atoms with Gasteiger partial charge in [0.25, 0.3) is 5.91 Å². The molecule has 120 valence electrons. The van der Waals surface area contributed by atoms with Gasteiger partial charge in [0.15, 0.2) is 0 Å². The van der Waals surface area contributed by atoms with Crippen molar-refractivity contribution in [2.24, 2.45) is 5.10 Å². The van der Waals surface area contributed by atoms with Gasteiger partial charge in [0.05, 0.1) is 12.3 Å². The molecular formula is C17H17BrClN3O. The number of halogens is 2. The number of hydrogen-bond acceptors (Lipinski definition) is 3. The molecule has 0 spiro atoms. The predicted octanol–water partition coefficient (Wildman–Crippen LogP) is 4.36. The lowest BCUT2D eigenvalue weighted by Crippen LogP contribution is -2.27. The van der Waals surface area contributed by atoms with E-state index in [0.29, 0.717) is 5.02 Å². The number of anilines is 1. The molecule has 0 aliphatic rings. The summed E-state index contributed by atoms with van der Waals surface area (Å²) in [5, 5.41) is 7.83. The molecule has 2 rings (SSSR count). The Balaban J connectivity index is 1.91. The first kappa shape index (κ1) is 17.5. The van der Waals surface area contributed by atoms with Gasteiger partial charge in [-0.05, 0) is 49.2 Å². The number of hydrogen-bond donors (Lipinski definition) is 2. The zero-order valence-corrected chi connectivity index (χ0v) is 15.2. The number of carbonyl (C=O) groups excluding carboxylic acids is 1. The van der Waals surface area contributed by atoms with Crippen molar-refractivity contribution < 1.29 is 4.79 Å². The monoisotopic (exact) mass is 393 g/mol. The lowest BCUT2D eigenvalue weighted by atomic mass is 10.1. The van der Waals surface area contributed by atoms with Crippen LogP contribution in [0, 0.1) is 6.92 Å². The average Bonchev–Trinajstić information content (AvgIpc) is 2.54. The molecular weight excluding hydrogens is 378 g/mol. The maximum Gasteiger partial charge on any atom is 0.259 e. The minimum Gasteiger partial charge on any atom is -0.376 e. The van der Waals surface area contributed by atoms with Gasteiger partial charge in [-0.15, -0.1) is 0 Å². The molecule has 0 saturated heterocycles. The van der Waals surface area contributed by atoms with Crippen LogP contribution >= 0.6 is 27.5 Å². The zero-order chi connectivity index (χ0) is 16.8. The van der Waals surface area contributed by atoms with Crippen molar-refractivity contribution in [2.45, 2.75) is 13.8 Å². The molecule has 0 saturated carbocycles. The van der Waals surface area contributed by atoms with Gasteiger partial charge in [0, 0.05) is 15.2 Å². The molecule has 0 fully saturated rings. The van der Waals surface area contributed by atoms with E-state index in [1.165, 1.54) is 0 Å². The topological polar surface area (TPSA) is 53.5 Å². The summed E-state index contributed by atoms with van der Waals surface area (Å²) in [5.74, 6) is -0.221. The minimum atomic E-state index is -0.221. The SMILES string of the molecule is CC(=NNC(=O)CNc1cccc(Cl)c1C)c1ccc(Br)cc1. The van der Waals surface area contributed by atoms with Gasteiger partial charge >= 0.3 is 0 Å². The lowest BCUT2D eigenvalue weighted by Gasteiger charge is -2.10. The van der Waals surface area contributed by atoms with E-state index in [1.807, 2.05) is 56.3 Å². The molecule has 0 aliphatic carbocycles. The Bertz CT molecular complexity index is 729. The second-order valence-electron chi connectivity index (χ2n) is 5.01. The first-order valence-corrected chi connectivity index (χ1v) is 8.22. The zero-order valence-electron chi connectivity index (χ0n) is 12.9. The lowest BCUT2D eigenvalue weighted by molar-refractivity contribution is -0.119. The minimum absolute atomic E-state index is 0.123. The number of hydrazone groups is 1. The quantitative estimate of drug-likeness (QED) is 0.584. The van der Waals surface area contributed by atoms with Crippen LogP contribution in [0.3, 0.4) is 0 Å². The van der Waals surface area contributed by atoms with Gasteiger partial charge in [0.1, 0.15) is 0 Å². The molecule has 1 amide bonds. The van der Waals surface area contributed by atoms with Crippen LogP contribution < -0.4 is 10.7 Å². The fraction of sp³-hybridized carbons (Fsp3) is 0.176. The van der Waals surface area contributed by atoms with Crippen molar-refractivity contribution >= 4 is 44.8 Å². The Labute approximate surface area is 149 Å². The largest absolute Gasteiger partial charge is 0.376 e. The van der Waals surface area contributed by atoms with E-state index in [2.05, 4.69) is 31.8 Å². The van der Waals surface area contributed by atoms with Crippen LogP contribution in [-0.2, 0) is 4.79 Å². The fourth-order valence-corrected chi connectivity index (χ4v) is 2.35. The number of rotatable bonds is 5. The first-order valence-electron chi connectivity index (χ1n) is 7.05. The summed E-state index contributed by atoms with van der Waals surface area (Å²) in [5.41, 5.74) is 5.98. The number of benzene rings is 2. The van der Waals surface area contributed by atoms with Gasteiger partial charge in [-0.1, -0.05) is 45.7 Å². The molecule has 0 atom stereocenters. The summed E-state index contributed by atoms with van der Waals surface area (Å²) in [4.78, 5) is 11.9. The molecule has 0 aliphatic heterocycles. The summed E-state index contributed by atoms with van der Waals surface area (Å²) in [7, 11) is 0. The molecule has 0 unspecified atom stereocenters. The second-order valence-corrected chi connectivity index (χ2v) is 6.33. The standard InChI is InChI=1S/C17H17BrClN3O/c1-11-15(19)4-3-5-16(11)20-10-17(23)22-21-12(2)13-6-8-14(18)9-7-13/h3-9,20H,10H2,1-2H3,(H,22,23). The normalized spacial score (nSPS) is 11.2. The van der Waals surface area contributed by atoms with Crippen molar-refractivity contribution in [1.82, 2.24) is 5.43 Å². The summed E-state index contributed by atoms with van der Waals surface area (Å²) < 4.78 is 0.999. The van der Waals surface area contributed by atoms with E-state index in [-0.39, 0.29) is 12.5 Å². The third kappa shape index (κ3) is 5.08. The van der Waals surface area contributed by atoms with E-state index < -0.39 is 0 Å². The molecule has 0 bridgehead atoms. The average molecular weight is 395 g/mol. The Hall–Kier alpha value is -1.85. The van der Waals surface area contributed by atoms with E-state index in [9.17, 15) is 4.79 Å². The third-order valence-corrected chi connectivity index (χ3v) is 4.26. The fourth-order valence-electron chi connectivity index (χ4n) is 1.92. The number of carbonyl (C=O) groups is 1. The summed E-state index contributed by atoms with van der Waals surface area (Å²) in [6.45, 7) is 3.87. The van der Waals surface area contributed by atoms with Crippen LogP contribution in [-0.4, -0.2) is 18.2 Å². The highest BCUT2D eigenvalue weighted by atomic mass is 79.9. The molecule has 23 heavy (non-hydrogen) atoms. The maximum atomic E-state index is 11.9. The van der Waals surface area contributed by atoms with Crippen molar-refractivity contribution in [3.63, 3.8) is 0 Å². The van der Waals surface area contributed by atoms with Gasteiger partial charge in [0.2, 0.25) is 0 Å². The summed E-state index contributed by atoms with van der Waals surface area (Å²) >= 11 is 9.43. The first-order chi connectivity index (χ1) is 11.0. The Kier molecular flexibility index (Phi) is 6.19. The van der Waals surface area contributed by atoms with E-state index in [0.717, 1.165) is 27.0 Å². The number of amides is 1. The van der Waals surface area contributed by atoms with Gasteiger partial charge in [-0.3, -0.25) is 4.79 Å². The van der Waals surface area contributed by atoms with Crippen LogP contribution in [0.15, 0.2) is 52.0 Å². The van der Waals surface area contributed by atoms with Gasteiger partial charge in [-0.25, -0.2) is 5.43 Å². The van der Waals surface area contributed by atoms with Crippen molar-refractivity contribution in [3.8, 4) is 0 Å². The van der Waals surface area contributed by atoms with E-state index in [1.54, 1.807) is 0 Å². The molecule has 2 N–H and O–H groups in total. The maximum absolute atomic E-state index is 11.9.